The molecular formula is C30H36N4O5. The number of amides is 5. The van der Waals surface area contributed by atoms with Crippen molar-refractivity contribution < 1.29 is 24.0 Å². The number of rotatable bonds is 14. The van der Waals surface area contributed by atoms with E-state index in [-0.39, 0.29) is 24.3 Å². The highest BCUT2D eigenvalue weighted by atomic mass is 16.2. The highest BCUT2D eigenvalue weighted by molar-refractivity contribution is 6.25. The van der Waals surface area contributed by atoms with Gasteiger partial charge in [-0.25, -0.2) is 0 Å². The number of fused-ring (bicyclic) bond motifs is 1. The number of imide groups is 2. The number of hydrogen-bond donors (Lipinski definition) is 3. The molecule has 1 saturated heterocycles. The Hall–Kier alpha value is -4.01. The SMILES string of the molecule is NC(=O)c1ccccc1CCCCCCCCCCNc1cccc2c1C(=O)N(C1CCC(=O)NC1=O)C2=O. The van der Waals surface area contributed by atoms with Gasteiger partial charge in [0.1, 0.15) is 6.04 Å². The summed E-state index contributed by atoms with van der Waals surface area (Å²) in [5.41, 5.74) is 8.27. The number of primary amides is 1. The van der Waals surface area contributed by atoms with E-state index < -0.39 is 29.7 Å². The van der Waals surface area contributed by atoms with Crippen LogP contribution in [0.3, 0.4) is 0 Å². The van der Waals surface area contributed by atoms with E-state index in [1.807, 2.05) is 18.2 Å². The van der Waals surface area contributed by atoms with Crippen LogP contribution in [0.15, 0.2) is 42.5 Å². The second-order valence-electron chi connectivity index (χ2n) is 10.2. The molecule has 2 heterocycles. The number of piperidine rings is 1. The Morgan fingerprint density at radius 3 is 2.28 bits per heavy atom. The highest BCUT2D eigenvalue weighted by Gasteiger charge is 2.45. The molecule has 1 unspecified atom stereocenters. The van der Waals surface area contributed by atoms with E-state index in [0.717, 1.165) is 61.8 Å². The first-order valence-electron chi connectivity index (χ1n) is 13.8. The third kappa shape index (κ3) is 6.71. The molecule has 9 nitrogen and oxygen atoms in total. The van der Waals surface area contributed by atoms with Crippen LogP contribution in [0.5, 0.6) is 0 Å². The van der Waals surface area contributed by atoms with E-state index >= 15 is 0 Å². The van der Waals surface area contributed by atoms with Crippen LogP contribution in [0.4, 0.5) is 5.69 Å². The molecule has 2 aromatic carbocycles. The van der Waals surface area contributed by atoms with Gasteiger partial charge in [-0.05, 0) is 49.4 Å². The summed E-state index contributed by atoms with van der Waals surface area (Å²) in [6.45, 7) is 0.676. The molecule has 1 fully saturated rings. The zero-order valence-corrected chi connectivity index (χ0v) is 22.2. The molecule has 0 aliphatic carbocycles. The van der Waals surface area contributed by atoms with Crippen LogP contribution in [-0.2, 0) is 16.0 Å². The maximum Gasteiger partial charge on any atom is 0.264 e. The molecule has 0 bridgehead atoms. The number of benzene rings is 2. The van der Waals surface area contributed by atoms with Crippen LogP contribution in [0.2, 0.25) is 0 Å². The van der Waals surface area contributed by atoms with Gasteiger partial charge in [-0.2, -0.15) is 0 Å². The van der Waals surface area contributed by atoms with E-state index in [0.29, 0.717) is 23.4 Å². The molecular weight excluding hydrogens is 496 g/mol. The van der Waals surface area contributed by atoms with Crippen LogP contribution in [0, 0.1) is 0 Å². The van der Waals surface area contributed by atoms with Gasteiger partial charge in [-0.15, -0.1) is 0 Å². The van der Waals surface area contributed by atoms with Gasteiger partial charge >= 0.3 is 0 Å². The maximum atomic E-state index is 13.1. The number of hydrogen-bond acceptors (Lipinski definition) is 6. The van der Waals surface area contributed by atoms with Gasteiger partial charge in [0, 0.05) is 24.2 Å². The van der Waals surface area contributed by atoms with Crippen molar-refractivity contribution >= 4 is 35.2 Å². The summed E-state index contributed by atoms with van der Waals surface area (Å²) >= 11 is 0. The lowest BCUT2D eigenvalue weighted by molar-refractivity contribution is -0.136. The molecule has 9 heteroatoms. The maximum absolute atomic E-state index is 13.1. The van der Waals surface area contributed by atoms with Crippen LogP contribution < -0.4 is 16.4 Å². The Bertz CT molecular complexity index is 1260. The minimum absolute atomic E-state index is 0.0976. The Balaban J connectivity index is 1.14. The Labute approximate surface area is 228 Å². The fourth-order valence-corrected chi connectivity index (χ4v) is 5.37. The van der Waals surface area contributed by atoms with Crippen LogP contribution in [-0.4, -0.2) is 47.0 Å². The molecule has 39 heavy (non-hydrogen) atoms. The predicted molar refractivity (Wildman–Crippen MR) is 147 cm³/mol. The van der Waals surface area contributed by atoms with Crippen molar-refractivity contribution in [2.45, 2.75) is 76.7 Å². The molecule has 2 aliphatic rings. The number of nitrogens with one attached hydrogen (secondary N) is 2. The first-order valence-corrected chi connectivity index (χ1v) is 13.8. The summed E-state index contributed by atoms with van der Waals surface area (Å²) < 4.78 is 0. The topological polar surface area (TPSA) is 139 Å². The van der Waals surface area contributed by atoms with Crippen molar-refractivity contribution in [3.8, 4) is 0 Å². The quantitative estimate of drug-likeness (QED) is 0.249. The van der Waals surface area contributed by atoms with Crippen molar-refractivity contribution in [3.63, 3.8) is 0 Å². The fraction of sp³-hybridized carbons (Fsp3) is 0.433. The molecule has 0 radical (unpaired) electrons. The number of unbranched alkanes of at least 4 members (excludes halogenated alkanes) is 7. The zero-order valence-electron chi connectivity index (χ0n) is 22.2. The largest absolute Gasteiger partial charge is 0.384 e. The van der Waals surface area contributed by atoms with Gasteiger partial charge in [0.25, 0.3) is 11.8 Å². The van der Waals surface area contributed by atoms with Gasteiger partial charge in [0.05, 0.1) is 11.1 Å². The molecule has 4 N–H and O–H groups in total. The average molecular weight is 533 g/mol. The van der Waals surface area contributed by atoms with E-state index in [4.69, 9.17) is 5.73 Å². The fourth-order valence-electron chi connectivity index (χ4n) is 5.37. The number of aryl methyl sites for hydroxylation is 1. The number of carbonyl (C=O) groups excluding carboxylic acids is 5. The zero-order chi connectivity index (χ0) is 27.8. The summed E-state index contributed by atoms with van der Waals surface area (Å²) in [6, 6.07) is 11.7. The lowest BCUT2D eigenvalue weighted by Gasteiger charge is -2.27. The molecule has 0 aromatic heterocycles. The van der Waals surface area contributed by atoms with Gasteiger partial charge in [0.2, 0.25) is 17.7 Å². The average Bonchev–Trinajstić information content (AvgIpc) is 3.17. The first-order chi connectivity index (χ1) is 18.9. The monoisotopic (exact) mass is 532 g/mol. The van der Waals surface area contributed by atoms with Crippen molar-refractivity contribution in [2.24, 2.45) is 5.73 Å². The number of carbonyl (C=O) groups is 5. The highest BCUT2D eigenvalue weighted by Crippen LogP contribution is 2.32. The molecule has 4 rings (SSSR count). The van der Waals surface area contributed by atoms with Gasteiger partial charge in [0.15, 0.2) is 0 Å². The Morgan fingerprint density at radius 1 is 0.872 bits per heavy atom. The van der Waals surface area contributed by atoms with E-state index in [2.05, 4.69) is 10.6 Å². The minimum atomic E-state index is -0.964. The summed E-state index contributed by atoms with van der Waals surface area (Å²) in [5.74, 6) is -2.36. The lowest BCUT2D eigenvalue weighted by atomic mass is 10.00. The van der Waals surface area contributed by atoms with Crippen molar-refractivity contribution in [3.05, 3.63) is 64.7 Å². The Kier molecular flexibility index (Phi) is 9.46. The summed E-state index contributed by atoms with van der Waals surface area (Å²) in [6.07, 6.45) is 9.88. The molecule has 0 saturated carbocycles. The van der Waals surface area contributed by atoms with E-state index in [9.17, 15) is 24.0 Å². The summed E-state index contributed by atoms with van der Waals surface area (Å²) in [5, 5.41) is 5.52. The normalized spacial score (nSPS) is 16.8. The third-order valence-electron chi connectivity index (χ3n) is 7.44. The van der Waals surface area contributed by atoms with Gasteiger partial charge < -0.3 is 11.1 Å². The standard InChI is InChI=1S/C30H36N4O5/c31-27(36)21-14-9-8-13-20(21)12-7-5-3-1-2-4-6-10-19-32-23-16-11-15-22-26(23)30(39)34(29(22)38)24-17-18-25(35)33-28(24)37/h8-9,11,13-16,24,32H,1-7,10,12,17-19H2,(H2,31,36)(H,33,35,37). The van der Waals surface area contributed by atoms with Gasteiger partial charge in [-0.1, -0.05) is 62.8 Å². The molecule has 0 spiro atoms. The minimum Gasteiger partial charge on any atom is -0.384 e. The molecule has 1 atom stereocenters. The summed E-state index contributed by atoms with van der Waals surface area (Å²) in [4.78, 5) is 62.3. The third-order valence-corrected chi connectivity index (χ3v) is 7.44. The van der Waals surface area contributed by atoms with Crippen LogP contribution >= 0.6 is 0 Å². The number of nitrogens with zero attached hydrogens (tertiary/aromatic N) is 1. The van der Waals surface area contributed by atoms with Crippen molar-refractivity contribution in [1.82, 2.24) is 10.2 Å². The van der Waals surface area contributed by atoms with Crippen molar-refractivity contribution in [1.29, 1.82) is 0 Å². The molecule has 206 valence electrons. The van der Waals surface area contributed by atoms with Gasteiger partial charge in [-0.3, -0.25) is 34.2 Å². The predicted octanol–water partition coefficient (Wildman–Crippen LogP) is 3.96. The van der Waals surface area contributed by atoms with Crippen molar-refractivity contribution in [2.75, 3.05) is 11.9 Å². The molecule has 2 aliphatic heterocycles. The summed E-state index contributed by atoms with van der Waals surface area (Å²) in [7, 11) is 0. The Morgan fingerprint density at radius 2 is 1.56 bits per heavy atom. The first kappa shape index (κ1) is 28.0. The van der Waals surface area contributed by atoms with Crippen LogP contribution in [0.25, 0.3) is 0 Å². The second kappa shape index (κ2) is 13.2. The van der Waals surface area contributed by atoms with E-state index in [1.165, 1.54) is 6.42 Å². The smallest absolute Gasteiger partial charge is 0.264 e. The molecule has 2 aromatic rings. The number of anilines is 1. The number of nitrogens with two attached hydrogens (primary N) is 1. The lowest BCUT2D eigenvalue weighted by Crippen LogP contribution is -2.54. The molecule has 5 amide bonds. The van der Waals surface area contributed by atoms with Crippen LogP contribution in [0.1, 0.15) is 101 Å². The second-order valence-corrected chi connectivity index (χ2v) is 10.2. The van der Waals surface area contributed by atoms with E-state index in [1.54, 1.807) is 24.3 Å².